The summed E-state index contributed by atoms with van der Waals surface area (Å²) >= 11 is 0. The zero-order valence-corrected chi connectivity index (χ0v) is 30.3. The summed E-state index contributed by atoms with van der Waals surface area (Å²) in [4.78, 5) is 10.7. The Morgan fingerprint density at radius 3 is 1.70 bits per heavy atom. The second kappa shape index (κ2) is 12.0. The topological polar surface area (TPSA) is 35.6 Å². The van der Waals surface area contributed by atoms with Crippen molar-refractivity contribution >= 4 is 76.1 Å². The van der Waals surface area contributed by atoms with Crippen molar-refractivity contribution in [1.29, 1.82) is 0 Å². The molecule has 0 unspecified atom stereocenters. The molecule has 0 aliphatic heterocycles. The molecule has 12 rings (SSSR count). The SMILES string of the molecule is c1ccc(-c2cccc(-c3nc(-n4c5ccccc5c5c6cc(-n7c8ccccc8c8c9ccccc9ccc87)ccc6ccc54)nc4ccccc34)c2)cc1. The zero-order chi connectivity index (χ0) is 36.7. The summed E-state index contributed by atoms with van der Waals surface area (Å²) in [5.74, 6) is 0.653. The van der Waals surface area contributed by atoms with Gasteiger partial charge < -0.3 is 4.57 Å². The van der Waals surface area contributed by atoms with E-state index >= 15 is 0 Å². The molecule has 260 valence electrons. The van der Waals surface area contributed by atoms with E-state index < -0.39 is 0 Å². The average Bonchev–Trinajstić information content (AvgIpc) is 3.80. The summed E-state index contributed by atoms with van der Waals surface area (Å²) in [7, 11) is 0. The second-order valence-electron chi connectivity index (χ2n) is 14.6. The van der Waals surface area contributed by atoms with Gasteiger partial charge in [-0.05, 0) is 81.2 Å². The van der Waals surface area contributed by atoms with Crippen LogP contribution in [0.1, 0.15) is 0 Å². The summed E-state index contributed by atoms with van der Waals surface area (Å²) < 4.78 is 4.68. The highest BCUT2D eigenvalue weighted by Gasteiger charge is 2.20. The highest BCUT2D eigenvalue weighted by molar-refractivity contribution is 6.23. The number of benzene rings is 9. The van der Waals surface area contributed by atoms with Gasteiger partial charge >= 0.3 is 0 Å². The van der Waals surface area contributed by atoms with Gasteiger partial charge in [-0.1, -0.05) is 146 Å². The number of aromatic nitrogens is 4. The minimum absolute atomic E-state index is 0.653. The van der Waals surface area contributed by atoms with Crippen molar-refractivity contribution in [2.75, 3.05) is 0 Å². The van der Waals surface area contributed by atoms with Crippen molar-refractivity contribution in [1.82, 2.24) is 19.1 Å². The first-order valence-corrected chi connectivity index (χ1v) is 19.1. The second-order valence-corrected chi connectivity index (χ2v) is 14.6. The van der Waals surface area contributed by atoms with E-state index in [1.807, 2.05) is 0 Å². The molecule has 9 aromatic carbocycles. The lowest BCUT2D eigenvalue weighted by Crippen LogP contribution is -2.03. The summed E-state index contributed by atoms with van der Waals surface area (Å²) in [6.07, 6.45) is 0. The number of fused-ring (bicyclic) bond motifs is 11. The third-order valence-corrected chi connectivity index (χ3v) is 11.5. The lowest BCUT2D eigenvalue weighted by Gasteiger charge is -2.13. The van der Waals surface area contributed by atoms with Crippen molar-refractivity contribution < 1.29 is 0 Å². The van der Waals surface area contributed by atoms with Crippen molar-refractivity contribution in [2.45, 2.75) is 0 Å². The molecule has 0 fully saturated rings. The Morgan fingerprint density at radius 1 is 0.321 bits per heavy atom. The molecular formula is C52H32N4. The molecule has 0 saturated carbocycles. The summed E-state index contributed by atoms with van der Waals surface area (Å²) in [6.45, 7) is 0. The Hall–Kier alpha value is -7.56. The Kier molecular flexibility index (Phi) is 6.60. The Balaban J connectivity index is 1.12. The van der Waals surface area contributed by atoms with E-state index in [4.69, 9.17) is 9.97 Å². The van der Waals surface area contributed by atoms with Crippen LogP contribution in [0.3, 0.4) is 0 Å². The van der Waals surface area contributed by atoms with Gasteiger partial charge in [-0.2, -0.15) is 0 Å². The number of para-hydroxylation sites is 3. The molecule has 0 radical (unpaired) electrons. The van der Waals surface area contributed by atoms with Gasteiger partial charge in [0.05, 0.1) is 33.3 Å². The average molecular weight is 713 g/mol. The van der Waals surface area contributed by atoms with Crippen molar-refractivity contribution in [2.24, 2.45) is 0 Å². The Bertz CT molecular complexity index is 3540. The van der Waals surface area contributed by atoms with Gasteiger partial charge in [0.15, 0.2) is 0 Å². The summed E-state index contributed by atoms with van der Waals surface area (Å²) in [6, 6.07) is 69.6. The van der Waals surface area contributed by atoms with E-state index in [1.54, 1.807) is 0 Å². The number of rotatable bonds is 4. The van der Waals surface area contributed by atoms with Crippen LogP contribution in [0, 0.1) is 0 Å². The molecule has 12 aromatic rings. The minimum atomic E-state index is 0.653. The van der Waals surface area contributed by atoms with Gasteiger partial charge in [-0.15, -0.1) is 0 Å². The fraction of sp³-hybridized carbons (Fsp3) is 0. The molecule has 0 aliphatic rings. The van der Waals surface area contributed by atoms with Gasteiger partial charge in [0.25, 0.3) is 0 Å². The molecule has 3 heterocycles. The first-order valence-electron chi connectivity index (χ1n) is 19.1. The highest BCUT2D eigenvalue weighted by atomic mass is 15.2. The van der Waals surface area contributed by atoms with Gasteiger partial charge in [0, 0.05) is 38.2 Å². The largest absolute Gasteiger partial charge is 0.309 e. The van der Waals surface area contributed by atoms with E-state index in [0.29, 0.717) is 5.95 Å². The van der Waals surface area contributed by atoms with Gasteiger partial charge in [-0.25, -0.2) is 9.97 Å². The molecule has 0 bridgehead atoms. The van der Waals surface area contributed by atoms with E-state index in [0.717, 1.165) is 44.4 Å². The lowest BCUT2D eigenvalue weighted by atomic mass is 10.00. The molecule has 0 aliphatic carbocycles. The predicted molar refractivity (Wildman–Crippen MR) is 234 cm³/mol. The smallest absolute Gasteiger partial charge is 0.235 e. The molecular weight excluding hydrogens is 681 g/mol. The monoisotopic (exact) mass is 712 g/mol. The van der Waals surface area contributed by atoms with Crippen LogP contribution in [0.25, 0.3) is 110 Å². The highest BCUT2D eigenvalue weighted by Crippen LogP contribution is 2.41. The summed E-state index contributed by atoms with van der Waals surface area (Å²) in [5, 5.41) is 10.8. The van der Waals surface area contributed by atoms with E-state index in [2.05, 4.69) is 203 Å². The van der Waals surface area contributed by atoms with Crippen LogP contribution in [-0.4, -0.2) is 19.1 Å². The Morgan fingerprint density at radius 2 is 0.893 bits per heavy atom. The van der Waals surface area contributed by atoms with E-state index in [1.165, 1.54) is 59.7 Å². The molecule has 0 atom stereocenters. The van der Waals surface area contributed by atoms with Gasteiger partial charge in [0.1, 0.15) is 0 Å². The van der Waals surface area contributed by atoms with Crippen LogP contribution in [0.5, 0.6) is 0 Å². The number of nitrogens with zero attached hydrogens (tertiary/aromatic N) is 4. The maximum absolute atomic E-state index is 5.43. The van der Waals surface area contributed by atoms with Crippen molar-refractivity contribution in [3.05, 3.63) is 194 Å². The van der Waals surface area contributed by atoms with E-state index in [9.17, 15) is 0 Å². The van der Waals surface area contributed by atoms with Crippen molar-refractivity contribution in [3.63, 3.8) is 0 Å². The number of hydrogen-bond donors (Lipinski definition) is 0. The molecule has 0 N–H and O–H groups in total. The third-order valence-electron chi connectivity index (χ3n) is 11.5. The van der Waals surface area contributed by atoms with Crippen molar-refractivity contribution in [3.8, 4) is 34.0 Å². The molecule has 0 amide bonds. The van der Waals surface area contributed by atoms with Crippen LogP contribution >= 0.6 is 0 Å². The molecule has 3 aromatic heterocycles. The van der Waals surface area contributed by atoms with Crippen LogP contribution in [-0.2, 0) is 0 Å². The fourth-order valence-corrected chi connectivity index (χ4v) is 9.01. The predicted octanol–water partition coefficient (Wildman–Crippen LogP) is 13.5. The molecule has 4 nitrogen and oxygen atoms in total. The molecule has 0 saturated heterocycles. The first-order chi connectivity index (χ1) is 27.8. The third kappa shape index (κ3) is 4.53. The number of hydrogen-bond acceptors (Lipinski definition) is 2. The molecule has 0 spiro atoms. The van der Waals surface area contributed by atoms with Crippen LogP contribution in [0.15, 0.2) is 194 Å². The first kappa shape index (κ1) is 30.9. The van der Waals surface area contributed by atoms with Crippen LogP contribution in [0.4, 0.5) is 0 Å². The molecule has 4 heteroatoms. The van der Waals surface area contributed by atoms with Gasteiger partial charge in [-0.3, -0.25) is 4.57 Å². The van der Waals surface area contributed by atoms with E-state index in [-0.39, 0.29) is 0 Å². The normalized spacial score (nSPS) is 11.9. The lowest BCUT2D eigenvalue weighted by molar-refractivity contribution is 1.01. The van der Waals surface area contributed by atoms with Gasteiger partial charge in [0.2, 0.25) is 5.95 Å². The zero-order valence-electron chi connectivity index (χ0n) is 30.3. The molecule has 56 heavy (non-hydrogen) atoms. The maximum atomic E-state index is 5.43. The Labute approximate surface area is 322 Å². The van der Waals surface area contributed by atoms with Crippen LogP contribution in [0.2, 0.25) is 0 Å². The standard InChI is InChI=1S/C52H32N4/c1-2-13-33(14-3-1)36-16-12-17-37(31-36)51-40-19-6-9-22-44(40)53-52(54-51)56-46-24-11-8-21-42(46)50-43-32-38(28-25-35(43)27-30-48(50)56)55-45-23-10-7-20-41(45)49-39-18-5-4-15-34(39)26-29-47(49)55/h1-32H. The van der Waals surface area contributed by atoms with Crippen LogP contribution < -0.4 is 0 Å². The maximum Gasteiger partial charge on any atom is 0.235 e. The fourth-order valence-electron chi connectivity index (χ4n) is 9.01. The summed E-state index contributed by atoms with van der Waals surface area (Å²) in [5.41, 5.74) is 10.9. The quantitative estimate of drug-likeness (QED) is 0.182. The minimum Gasteiger partial charge on any atom is -0.309 e.